The molecular weight excluding hydrogens is 246 g/mol. The van der Waals surface area contributed by atoms with Crippen LogP contribution in [-0.2, 0) is 0 Å². The molecular formula is C18H31NO. The van der Waals surface area contributed by atoms with Gasteiger partial charge in [-0.1, -0.05) is 57.9 Å². The van der Waals surface area contributed by atoms with Crippen molar-refractivity contribution >= 4 is 0 Å². The Balaban J connectivity index is 2.51. The molecule has 0 aliphatic carbocycles. The summed E-state index contributed by atoms with van der Waals surface area (Å²) in [5, 5.41) is 13.8. The van der Waals surface area contributed by atoms with Gasteiger partial charge in [0.1, 0.15) is 0 Å². The van der Waals surface area contributed by atoms with Gasteiger partial charge in [0, 0.05) is 6.04 Å². The first-order chi connectivity index (χ1) is 9.60. The second-order valence-corrected chi connectivity index (χ2v) is 5.87. The maximum atomic E-state index is 10.4. The smallest absolute Gasteiger partial charge is 0.0940 e. The van der Waals surface area contributed by atoms with Crippen molar-refractivity contribution in [2.75, 3.05) is 6.54 Å². The van der Waals surface area contributed by atoms with Gasteiger partial charge in [0.25, 0.3) is 0 Å². The average Bonchev–Trinajstić information content (AvgIpc) is 2.50. The van der Waals surface area contributed by atoms with Crippen LogP contribution in [0.2, 0.25) is 0 Å². The van der Waals surface area contributed by atoms with Crippen molar-refractivity contribution < 1.29 is 5.11 Å². The molecule has 0 aliphatic heterocycles. The molecule has 2 nitrogen and oxygen atoms in total. The molecule has 1 aromatic carbocycles. The molecule has 0 aromatic heterocycles. The highest BCUT2D eigenvalue weighted by molar-refractivity contribution is 5.27. The van der Waals surface area contributed by atoms with Gasteiger partial charge in [-0.15, -0.1) is 0 Å². The Kier molecular flexibility index (Phi) is 7.86. The van der Waals surface area contributed by atoms with Crippen molar-refractivity contribution in [2.45, 2.75) is 71.4 Å². The van der Waals surface area contributed by atoms with Crippen molar-refractivity contribution in [3.63, 3.8) is 0 Å². The van der Waals surface area contributed by atoms with Crippen LogP contribution in [0.3, 0.4) is 0 Å². The fourth-order valence-electron chi connectivity index (χ4n) is 2.36. The largest absolute Gasteiger partial charge is 0.387 e. The van der Waals surface area contributed by atoms with E-state index in [2.05, 4.69) is 57.3 Å². The number of benzene rings is 1. The Morgan fingerprint density at radius 1 is 1.00 bits per heavy atom. The molecule has 3 unspecified atom stereocenters. The molecule has 0 bridgehead atoms. The van der Waals surface area contributed by atoms with Crippen LogP contribution >= 0.6 is 0 Å². The molecule has 114 valence electrons. The minimum Gasteiger partial charge on any atom is -0.387 e. The van der Waals surface area contributed by atoms with Crippen molar-refractivity contribution in [3.05, 3.63) is 35.4 Å². The van der Waals surface area contributed by atoms with Gasteiger partial charge >= 0.3 is 0 Å². The molecule has 0 aliphatic rings. The fourth-order valence-corrected chi connectivity index (χ4v) is 2.36. The normalized spacial score (nSPS) is 15.8. The number of hydrogen-bond donors (Lipinski definition) is 2. The third-order valence-electron chi connectivity index (χ3n) is 4.18. The van der Waals surface area contributed by atoms with E-state index >= 15 is 0 Å². The standard InChI is InChI=1S/C18H31NO/c1-5-7-8-13-19-15(4)18(20)17-11-9-16(10-12-17)14(3)6-2/h9-12,14-15,18-20H,5-8,13H2,1-4H3. The maximum Gasteiger partial charge on any atom is 0.0940 e. The van der Waals surface area contributed by atoms with Gasteiger partial charge < -0.3 is 10.4 Å². The molecule has 2 N–H and O–H groups in total. The predicted octanol–water partition coefficient (Wildman–Crippen LogP) is 4.40. The van der Waals surface area contributed by atoms with Crippen LogP contribution in [0, 0.1) is 0 Å². The summed E-state index contributed by atoms with van der Waals surface area (Å²) in [4.78, 5) is 0. The molecule has 1 rings (SSSR count). The molecule has 2 heteroatoms. The SMILES string of the molecule is CCCCCNC(C)C(O)c1ccc(C(C)CC)cc1. The number of aliphatic hydroxyl groups excluding tert-OH is 1. The molecule has 0 saturated heterocycles. The number of unbranched alkanes of at least 4 members (excludes halogenated alkanes) is 2. The fraction of sp³-hybridized carbons (Fsp3) is 0.667. The Morgan fingerprint density at radius 3 is 2.15 bits per heavy atom. The molecule has 0 saturated carbocycles. The summed E-state index contributed by atoms with van der Waals surface area (Å²) >= 11 is 0. The molecule has 0 radical (unpaired) electrons. The van der Waals surface area contributed by atoms with E-state index in [1.807, 2.05) is 0 Å². The Hall–Kier alpha value is -0.860. The van der Waals surface area contributed by atoms with Crippen LogP contribution in [-0.4, -0.2) is 17.7 Å². The van der Waals surface area contributed by atoms with Gasteiger partial charge in [0.05, 0.1) is 6.10 Å². The lowest BCUT2D eigenvalue weighted by molar-refractivity contribution is 0.136. The Labute approximate surface area is 124 Å². The summed E-state index contributed by atoms with van der Waals surface area (Å²) in [7, 11) is 0. The lowest BCUT2D eigenvalue weighted by atomic mass is 9.95. The number of hydrogen-bond acceptors (Lipinski definition) is 2. The lowest BCUT2D eigenvalue weighted by Crippen LogP contribution is -2.32. The molecule has 1 aromatic rings. The van der Waals surface area contributed by atoms with Crippen molar-refractivity contribution in [3.8, 4) is 0 Å². The van der Waals surface area contributed by atoms with E-state index in [9.17, 15) is 5.11 Å². The highest BCUT2D eigenvalue weighted by Crippen LogP contribution is 2.22. The summed E-state index contributed by atoms with van der Waals surface area (Å²) in [6.45, 7) is 9.69. The monoisotopic (exact) mass is 277 g/mol. The van der Waals surface area contributed by atoms with Crippen molar-refractivity contribution in [2.24, 2.45) is 0 Å². The van der Waals surface area contributed by atoms with Gasteiger partial charge in [-0.3, -0.25) is 0 Å². The van der Waals surface area contributed by atoms with Gasteiger partial charge in [-0.2, -0.15) is 0 Å². The highest BCUT2D eigenvalue weighted by Gasteiger charge is 2.15. The lowest BCUT2D eigenvalue weighted by Gasteiger charge is -2.21. The molecule has 0 spiro atoms. The minimum absolute atomic E-state index is 0.0984. The van der Waals surface area contributed by atoms with Crippen LogP contribution in [0.1, 0.15) is 76.5 Å². The predicted molar refractivity (Wildman–Crippen MR) is 87.1 cm³/mol. The van der Waals surface area contributed by atoms with Crippen LogP contribution in [0.25, 0.3) is 0 Å². The van der Waals surface area contributed by atoms with E-state index in [4.69, 9.17) is 0 Å². The quantitative estimate of drug-likeness (QED) is 0.656. The Bertz CT molecular complexity index is 360. The van der Waals surface area contributed by atoms with Gasteiger partial charge in [-0.05, 0) is 43.4 Å². The third-order valence-corrected chi connectivity index (χ3v) is 4.18. The second-order valence-electron chi connectivity index (χ2n) is 5.87. The van der Waals surface area contributed by atoms with E-state index in [-0.39, 0.29) is 6.04 Å². The summed E-state index contributed by atoms with van der Waals surface area (Å²) in [6, 6.07) is 8.53. The van der Waals surface area contributed by atoms with E-state index in [1.165, 1.54) is 24.8 Å². The topological polar surface area (TPSA) is 32.3 Å². The number of nitrogens with one attached hydrogen (secondary N) is 1. The Morgan fingerprint density at radius 2 is 1.60 bits per heavy atom. The molecule has 0 heterocycles. The summed E-state index contributed by atoms with van der Waals surface area (Å²) in [5.41, 5.74) is 2.36. The van der Waals surface area contributed by atoms with E-state index < -0.39 is 6.10 Å². The van der Waals surface area contributed by atoms with Gasteiger partial charge in [0.2, 0.25) is 0 Å². The number of aliphatic hydroxyl groups is 1. The second kappa shape index (κ2) is 9.15. The van der Waals surface area contributed by atoms with Crippen molar-refractivity contribution in [1.29, 1.82) is 0 Å². The minimum atomic E-state index is -0.428. The zero-order valence-electron chi connectivity index (χ0n) is 13.5. The van der Waals surface area contributed by atoms with Crippen LogP contribution in [0.4, 0.5) is 0 Å². The van der Waals surface area contributed by atoms with Gasteiger partial charge in [-0.25, -0.2) is 0 Å². The maximum absolute atomic E-state index is 10.4. The average molecular weight is 277 g/mol. The summed E-state index contributed by atoms with van der Waals surface area (Å²) < 4.78 is 0. The van der Waals surface area contributed by atoms with Gasteiger partial charge in [0.15, 0.2) is 0 Å². The molecule has 20 heavy (non-hydrogen) atoms. The zero-order chi connectivity index (χ0) is 15.0. The first-order valence-electron chi connectivity index (χ1n) is 8.11. The highest BCUT2D eigenvalue weighted by atomic mass is 16.3. The molecule has 0 amide bonds. The molecule has 0 fully saturated rings. The number of rotatable bonds is 9. The molecule has 3 atom stereocenters. The van der Waals surface area contributed by atoms with Crippen LogP contribution < -0.4 is 5.32 Å². The zero-order valence-corrected chi connectivity index (χ0v) is 13.5. The summed E-state index contributed by atoms with van der Waals surface area (Å²) in [6.07, 6.45) is 4.38. The third kappa shape index (κ3) is 5.26. The first kappa shape index (κ1) is 17.2. The van der Waals surface area contributed by atoms with E-state index in [1.54, 1.807) is 0 Å². The van der Waals surface area contributed by atoms with E-state index in [0.717, 1.165) is 18.5 Å². The summed E-state index contributed by atoms with van der Waals surface area (Å²) in [5.74, 6) is 0.589. The van der Waals surface area contributed by atoms with E-state index in [0.29, 0.717) is 5.92 Å². The van der Waals surface area contributed by atoms with Crippen LogP contribution in [0.15, 0.2) is 24.3 Å². The first-order valence-corrected chi connectivity index (χ1v) is 8.11. The van der Waals surface area contributed by atoms with Crippen LogP contribution in [0.5, 0.6) is 0 Å². The van der Waals surface area contributed by atoms with Crippen molar-refractivity contribution in [1.82, 2.24) is 5.32 Å².